The van der Waals surface area contributed by atoms with Crippen LogP contribution in [-0.2, 0) is 125 Å². The maximum atomic E-state index is 15.7. The molecule has 27 nitrogen and oxygen atoms in total. The van der Waals surface area contributed by atoms with Crippen LogP contribution in [0.15, 0.2) is 200 Å². The molecular formula is C90H114N12O15S. The van der Waals surface area contributed by atoms with Crippen molar-refractivity contribution in [3.05, 3.63) is 250 Å². The van der Waals surface area contributed by atoms with E-state index in [1.54, 1.807) is 91.9 Å². The highest BCUT2D eigenvalue weighted by Gasteiger charge is 2.39. The number of thioether (sulfide) groups is 1. The monoisotopic (exact) mass is 1630 g/mol. The molecule has 0 aliphatic carbocycles. The highest BCUT2D eigenvalue weighted by atomic mass is 32.2. The number of hydrogen-bond acceptors (Lipinski definition) is 16. The Morgan fingerprint density at radius 3 is 1.50 bits per heavy atom. The zero-order valence-corrected chi connectivity index (χ0v) is 68.9. The molecule has 8 rings (SSSR count). The fourth-order valence-electron chi connectivity index (χ4n) is 12.8. The lowest BCUT2D eigenvalue weighted by atomic mass is 9.96. The van der Waals surface area contributed by atoms with E-state index in [-0.39, 0.29) is 77.1 Å². The van der Waals surface area contributed by atoms with Gasteiger partial charge in [-0.15, -0.1) is 0 Å². The third kappa shape index (κ3) is 32.3. The summed E-state index contributed by atoms with van der Waals surface area (Å²) < 4.78 is 23.9. The fraction of sp³-hybridized carbons (Fsp3) is 0.411. The number of hydrazine groups is 1. The molecule has 12 N–H and O–H groups in total. The lowest BCUT2D eigenvalue weighted by Crippen LogP contribution is -2.64. The molecule has 28 heteroatoms. The van der Waals surface area contributed by atoms with Gasteiger partial charge in [0.15, 0.2) is 0 Å². The normalized spacial score (nSPS) is 17.8. The highest BCUT2D eigenvalue weighted by molar-refractivity contribution is 7.98. The number of urea groups is 1. The molecule has 0 saturated carbocycles. The van der Waals surface area contributed by atoms with Crippen molar-refractivity contribution in [2.24, 2.45) is 11.8 Å². The number of carbonyl (C=O) groups excluding carboxylic acids is 11. The first-order valence-electron chi connectivity index (χ1n) is 40.4. The quantitative estimate of drug-likeness (QED) is 0.0186. The summed E-state index contributed by atoms with van der Waals surface area (Å²) in [7, 11) is 0. The van der Waals surface area contributed by atoms with Crippen LogP contribution in [0.1, 0.15) is 104 Å². The summed E-state index contributed by atoms with van der Waals surface area (Å²) in [6.07, 6.45) is 4.31. The van der Waals surface area contributed by atoms with Gasteiger partial charge in [0.2, 0.25) is 53.2 Å². The third-order valence-electron chi connectivity index (χ3n) is 20.3. The first kappa shape index (κ1) is 92.2. The van der Waals surface area contributed by atoms with Crippen molar-refractivity contribution in [3.8, 4) is 0 Å². The van der Waals surface area contributed by atoms with Crippen LogP contribution in [0.25, 0.3) is 0 Å². The molecule has 12 amide bonds. The molecule has 630 valence electrons. The smallest absolute Gasteiger partial charge is 0.333 e. The van der Waals surface area contributed by atoms with Crippen molar-refractivity contribution >= 4 is 76.9 Å². The summed E-state index contributed by atoms with van der Waals surface area (Å²) in [5.41, 5.74) is 12.2. The highest BCUT2D eigenvalue weighted by Crippen LogP contribution is 2.18. The van der Waals surface area contributed by atoms with Crippen LogP contribution in [0.4, 0.5) is 4.79 Å². The van der Waals surface area contributed by atoms with Gasteiger partial charge in [-0.2, -0.15) is 11.8 Å². The predicted octanol–water partition coefficient (Wildman–Crippen LogP) is 6.32. The second-order valence-electron chi connectivity index (χ2n) is 29.4. The van der Waals surface area contributed by atoms with Gasteiger partial charge in [-0.25, -0.2) is 10.2 Å². The van der Waals surface area contributed by atoms with Gasteiger partial charge in [-0.1, -0.05) is 234 Å². The molecule has 1 saturated heterocycles. The molecule has 1 aliphatic heterocycles. The minimum atomic E-state index is -1.84. The zero-order chi connectivity index (χ0) is 84.4. The van der Waals surface area contributed by atoms with E-state index in [2.05, 4.69) is 76.2 Å². The number of nitrogens with one attached hydrogen (secondary N) is 12. The first-order chi connectivity index (χ1) is 57.1. The molecule has 0 spiro atoms. The number of ether oxygens (including phenoxy) is 4. The van der Waals surface area contributed by atoms with E-state index in [1.165, 1.54) is 18.7 Å². The van der Waals surface area contributed by atoms with Crippen molar-refractivity contribution in [3.63, 3.8) is 0 Å². The lowest BCUT2D eigenvalue weighted by molar-refractivity contribution is -0.139. The largest absolute Gasteiger partial charge is 0.377 e. The Morgan fingerprint density at radius 2 is 0.941 bits per heavy atom. The molecule has 0 radical (unpaired) electrons. The average molecular weight is 1640 g/mol. The Kier molecular flexibility index (Phi) is 39.3. The predicted molar refractivity (Wildman–Crippen MR) is 452 cm³/mol. The van der Waals surface area contributed by atoms with Gasteiger partial charge in [-0.05, 0) is 113 Å². The second-order valence-corrected chi connectivity index (χ2v) is 30.3. The molecule has 118 heavy (non-hydrogen) atoms. The van der Waals surface area contributed by atoms with Crippen LogP contribution in [0.2, 0.25) is 0 Å². The SMILES string of the molecule is CCC(C)[C@@H]1NC(=O)[C@H](Cc2ccccc2)NC(=O)[C@H](Cc2ccc(CCc3ccccc3)cc2)NC(=O)[C@@H](NC(=O)[C@@H](NC(=O)[C@H](COCc2ccccc2)NC(=O)[C@H](Cc2ccc(CCc3ccccc3)cc2)NC(=O)COCCOCCNC(=O)[C@@H](C)CC)C(C)OCc2ccccc2)CNC(=O)NNC(=O)[C@H](CCSC)NC1=O. The van der Waals surface area contributed by atoms with E-state index in [0.717, 1.165) is 41.5 Å². The van der Waals surface area contributed by atoms with Crippen molar-refractivity contribution < 1.29 is 71.7 Å². The van der Waals surface area contributed by atoms with Gasteiger partial charge in [0, 0.05) is 38.3 Å². The molecule has 0 bridgehead atoms. The van der Waals surface area contributed by atoms with Crippen LogP contribution in [0.5, 0.6) is 0 Å². The summed E-state index contributed by atoms with van der Waals surface area (Å²) >= 11 is 1.40. The Bertz CT molecular complexity index is 4300. The van der Waals surface area contributed by atoms with Crippen molar-refractivity contribution in [2.75, 3.05) is 58.1 Å². The maximum absolute atomic E-state index is 15.7. The van der Waals surface area contributed by atoms with Gasteiger partial charge in [-0.3, -0.25) is 53.4 Å². The molecule has 11 atom stereocenters. The fourth-order valence-corrected chi connectivity index (χ4v) is 13.3. The standard InChI is InChI=1S/C90H114N12O15S/c1-7-60(3)79-88(111)94-72(46-51-118-6)87(110)101-102-90(113)92-55-76(85(108)96-74(83(106)95-75(84(107)99-79)52-67-28-18-11-19-29-67)54-69-44-40-66(41-45-69)37-35-64-26-16-10-17-27-64)97-89(112)80(62(5)117-57-71-32-22-13-23-33-71)100-86(109)77(58-116-56-70-30-20-12-21-31-70)98-82(105)73(53-68-42-38-65(39-43-68)36-34-63-24-14-9-15-25-63)93-78(103)59-115-50-49-114-48-47-91-81(104)61(4)8-2/h9-33,38-45,60-62,72-77,79-80H,7-8,34-37,46-59H2,1-6H3,(H,91,104)(H,93,103)(H,94,111)(H,95,106)(H,96,108)(H,97,112)(H,98,105)(H,99,107)(H,100,109)(H,101,110)(H2,92,102,113)/t60?,61-,62?,72-,73-,74-,75-,76-,77-,79-,80-/m0/s1. The first-order valence-corrected chi connectivity index (χ1v) is 41.8. The second kappa shape index (κ2) is 50.3. The number of carbonyl (C=O) groups is 11. The Balaban J connectivity index is 1.12. The number of benzene rings is 7. The molecule has 1 fully saturated rings. The van der Waals surface area contributed by atoms with Gasteiger partial charge in [0.05, 0.1) is 45.7 Å². The minimum Gasteiger partial charge on any atom is -0.377 e. The number of hydrogen-bond donors (Lipinski definition) is 12. The van der Waals surface area contributed by atoms with Gasteiger partial charge >= 0.3 is 6.03 Å². The molecule has 0 aromatic heterocycles. The van der Waals surface area contributed by atoms with E-state index in [9.17, 15) is 28.8 Å². The molecular weight excluding hydrogens is 1520 g/mol. The number of aryl methyl sites for hydroxylation is 4. The van der Waals surface area contributed by atoms with E-state index in [4.69, 9.17) is 18.9 Å². The zero-order valence-electron chi connectivity index (χ0n) is 68.1. The summed E-state index contributed by atoms with van der Waals surface area (Å²) in [6, 6.07) is 48.8. The minimum absolute atomic E-state index is 0.00440. The van der Waals surface area contributed by atoms with E-state index >= 15 is 24.0 Å². The third-order valence-corrected chi connectivity index (χ3v) is 20.9. The van der Waals surface area contributed by atoms with Gasteiger partial charge in [0.25, 0.3) is 5.91 Å². The van der Waals surface area contributed by atoms with Crippen molar-refractivity contribution in [1.82, 2.24) is 64.0 Å². The van der Waals surface area contributed by atoms with Crippen LogP contribution in [0.3, 0.4) is 0 Å². The molecule has 1 aliphatic rings. The Hall–Kier alpha value is -11.3. The molecule has 2 unspecified atom stereocenters. The molecule has 7 aromatic rings. The summed E-state index contributed by atoms with van der Waals surface area (Å²) in [5, 5.41) is 27.8. The van der Waals surface area contributed by atoms with Crippen LogP contribution < -0.4 is 64.0 Å². The van der Waals surface area contributed by atoms with Crippen molar-refractivity contribution in [1.29, 1.82) is 0 Å². The maximum Gasteiger partial charge on any atom is 0.333 e. The van der Waals surface area contributed by atoms with Crippen LogP contribution in [0, 0.1) is 11.8 Å². The number of rotatable bonds is 42. The van der Waals surface area contributed by atoms with E-state index < -0.39 is 139 Å². The Morgan fingerprint density at radius 1 is 0.458 bits per heavy atom. The van der Waals surface area contributed by atoms with E-state index in [1.807, 2.05) is 130 Å². The van der Waals surface area contributed by atoms with Gasteiger partial charge < -0.3 is 72.1 Å². The topological polar surface area (TPSA) is 369 Å². The van der Waals surface area contributed by atoms with Crippen LogP contribution in [-0.4, -0.2) is 178 Å². The molecule has 7 aromatic carbocycles. The number of amides is 12. The van der Waals surface area contributed by atoms with E-state index in [0.29, 0.717) is 52.8 Å². The van der Waals surface area contributed by atoms with Crippen LogP contribution >= 0.6 is 11.8 Å². The Labute approximate surface area is 695 Å². The average Bonchev–Trinajstić information content (AvgIpc) is 1.22. The molecule has 1 heterocycles. The summed E-state index contributed by atoms with van der Waals surface area (Å²) in [4.78, 5) is 161. The van der Waals surface area contributed by atoms with Gasteiger partial charge in [0.1, 0.15) is 54.9 Å². The van der Waals surface area contributed by atoms with Crippen molar-refractivity contribution in [2.45, 2.75) is 166 Å². The summed E-state index contributed by atoms with van der Waals surface area (Å²) in [5.74, 6) is -8.09. The lowest BCUT2D eigenvalue weighted by Gasteiger charge is -2.30. The summed E-state index contributed by atoms with van der Waals surface area (Å²) in [6.45, 7) is 7.55.